The summed E-state index contributed by atoms with van der Waals surface area (Å²) in [5.41, 5.74) is 0. The molecule has 0 spiro atoms. The summed E-state index contributed by atoms with van der Waals surface area (Å²) in [5.74, 6) is 0. The van der Waals surface area contributed by atoms with Crippen molar-refractivity contribution in [3.05, 3.63) is 0 Å². The van der Waals surface area contributed by atoms with E-state index in [1.165, 1.54) is 19.3 Å². The smallest absolute Gasteiger partial charge is 0.0123 e. The predicted molar refractivity (Wildman–Crippen MR) is 48.0 cm³/mol. The fourth-order valence-corrected chi connectivity index (χ4v) is 3.60. The molecule has 0 saturated carbocycles. The standard InChI is InChI=1S/C7H14S2/c1-6-4-3-5-7(2)9-8-6/h6-7H,3-5H2,1-2H3. The molecule has 2 unspecified atom stereocenters. The summed E-state index contributed by atoms with van der Waals surface area (Å²) in [4.78, 5) is 0. The highest BCUT2D eigenvalue weighted by atomic mass is 33.1. The summed E-state index contributed by atoms with van der Waals surface area (Å²) in [6, 6.07) is 0. The van der Waals surface area contributed by atoms with Crippen LogP contribution < -0.4 is 0 Å². The minimum atomic E-state index is 0.889. The van der Waals surface area contributed by atoms with E-state index in [-0.39, 0.29) is 0 Å². The van der Waals surface area contributed by atoms with E-state index in [0.717, 1.165) is 10.5 Å². The molecule has 0 nitrogen and oxygen atoms in total. The molecule has 0 aromatic heterocycles. The molecule has 1 aliphatic heterocycles. The van der Waals surface area contributed by atoms with Gasteiger partial charge in [-0.1, -0.05) is 41.9 Å². The Balaban J connectivity index is 2.25. The van der Waals surface area contributed by atoms with Gasteiger partial charge in [-0.2, -0.15) is 0 Å². The summed E-state index contributed by atoms with van der Waals surface area (Å²) in [5, 5.41) is 1.78. The molecular formula is C7H14S2. The van der Waals surface area contributed by atoms with E-state index in [1.807, 2.05) is 0 Å². The first-order valence-electron chi connectivity index (χ1n) is 3.61. The highest BCUT2D eigenvalue weighted by Crippen LogP contribution is 2.38. The molecule has 0 aromatic carbocycles. The van der Waals surface area contributed by atoms with Gasteiger partial charge in [-0.05, 0) is 12.8 Å². The second-order valence-electron chi connectivity index (χ2n) is 2.74. The van der Waals surface area contributed by atoms with Crippen LogP contribution in [-0.4, -0.2) is 10.5 Å². The highest BCUT2D eigenvalue weighted by Gasteiger charge is 2.12. The van der Waals surface area contributed by atoms with Gasteiger partial charge in [-0.15, -0.1) is 0 Å². The molecule has 1 rings (SSSR count). The van der Waals surface area contributed by atoms with Gasteiger partial charge in [0.05, 0.1) is 0 Å². The van der Waals surface area contributed by atoms with Crippen LogP contribution in [0, 0.1) is 0 Å². The van der Waals surface area contributed by atoms with Crippen molar-refractivity contribution in [3.8, 4) is 0 Å². The number of hydrogen-bond acceptors (Lipinski definition) is 2. The summed E-state index contributed by atoms with van der Waals surface area (Å²) in [6.45, 7) is 4.66. The van der Waals surface area contributed by atoms with Crippen LogP contribution in [0.25, 0.3) is 0 Å². The zero-order chi connectivity index (χ0) is 6.69. The molecule has 1 heterocycles. The van der Waals surface area contributed by atoms with Crippen molar-refractivity contribution in [1.29, 1.82) is 0 Å². The van der Waals surface area contributed by atoms with E-state index in [2.05, 4.69) is 35.4 Å². The highest BCUT2D eigenvalue weighted by molar-refractivity contribution is 8.77. The van der Waals surface area contributed by atoms with Gasteiger partial charge in [0.15, 0.2) is 0 Å². The van der Waals surface area contributed by atoms with Gasteiger partial charge in [-0.25, -0.2) is 0 Å². The summed E-state index contributed by atoms with van der Waals surface area (Å²) in [7, 11) is 4.13. The van der Waals surface area contributed by atoms with Gasteiger partial charge in [0.25, 0.3) is 0 Å². The molecule has 0 amide bonds. The maximum Gasteiger partial charge on any atom is 0.0123 e. The maximum atomic E-state index is 2.33. The van der Waals surface area contributed by atoms with Crippen molar-refractivity contribution in [2.75, 3.05) is 0 Å². The lowest BCUT2D eigenvalue weighted by Crippen LogP contribution is -1.90. The van der Waals surface area contributed by atoms with Crippen LogP contribution in [0.15, 0.2) is 0 Å². The van der Waals surface area contributed by atoms with Crippen molar-refractivity contribution in [2.45, 2.75) is 43.6 Å². The monoisotopic (exact) mass is 162 g/mol. The third-order valence-electron chi connectivity index (χ3n) is 1.61. The molecule has 54 valence electrons. The lowest BCUT2D eigenvalue weighted by molar-refractivity contribution is 0.681. The Hall–Kier alpha value is 0.700. The fraction of sp³-hybridized carbons (Fsp3) is 1.00. The summed E-state index contributed by atoms with van der Waals surface area (Å²) >= 11 is 0. The van der Waals surface area contributed by atoms with Crippen molar-refractivity contribution in [2.24, 2.45) is 0 Å². The maximum absolute atomic E-state index is 2.33. The van der Waals surface area contributed by atoms with Crippen LogP contribution >= 0.6 is 21.6 Å². The Morgan fingerprint density at radius 1 is 1.00 bits per heavy atom. The zero-order valence-corrected chi connectivity index (χ0v) is 7.73. The Morgan fingerprint density at radius 3 is 1.89 bits per heavy atom. The molecule has 0 aromatic rings. The van der Waals surface area contributed by atoms with Crippen LogP contribution in [0.2, 0.25) is 0 Å². The number of rotatable bonds is 0. The van der Waals surface area contributed by atoms with Crippen molar-refractivity contribution >= 4 is 21.6 Å². The second kappa shape index (κ2) is 3.77. The molecule has 0 radical (unpaired) electrons. The third-order valence-corrected chi connectivity index (χ3v) is 5.15. The molecule has 2 atom stereocenters. The lowest BCUT2D eigenvalue weighted by atomic mass is 10.2. The zero-order valence-electron chi connectivity index (χ0n) is 6.09. The Morgan fingerprint density at radius 2 is 1.44 bits per heavy atom. The normalized spacial score (nSPS) is 38.0. The van der Waals surface area contributed by atoms with E-state index in [1.54, 1.807) is 0 Å². The Labute approximate surface area is 65.6 Å². The van der Waals surface area contributed by atoms with Crippen LogP contribution in [0.4, 0.5) is 0 Å². The van der Waals surface area contributed by atoms with Gasteiger partial charge >= 0.3 is 0 Å². The molecule has 1 fully saturated rings. The van der Waals surface area contributed by atoms with Crippen LogP contribution in [0.1, 0.15) is 33.1 Å². The summed E-state index contributed by atoms with van der Waals surface area (Å²) in [6.07, 6.45) is 4.27. The van der Waals surface area contributed by atoms with Gasteiger partial charge in [0.2, 0.25) is 0 Å². The van der Waals surface area contributed by atoms with E-state index in [0.29, 0.717) is 0 Å². The second-order valence-corrected chi connectivity index (χ2v) is 5.89. The molecule has 9 heavy (non-hydrogen) atoms. The first kappa shape index (κ1) is 7.80. The fourth-order valence-electron chi connectivity index (χ4n) is 0.979. The lowest BCUT2D eigenvalue weighted by Gasteiger charge is -2.04. The average Bonchev–Trinajstić information content (AvgIpc) is 1.97. The Kier molecular flexibility index (Phi) is 3.27. The molecule has 0 aliphatic carbocycles. The first-order chi connectivity index (χ1) is 4.29. The van der Waals surface area contributed by atoms with Crippen molar-refractivity contribution in [3.63, 3.8) is 0 Å². The van der Waals surface area contributed by atoms with Crippen LogP contribution in [0.3, 0.4) is 0 Å². The Bertz CT molecular complexity index is 73.0. The molecule has 1 saturated heterocycles. The molecular weight excluding hydrogens is 148 g/mol. The number of hydrogen-bond donors (Lipinski definition) is 0. The van der Waals surface area contributed by atoms with Gasteiger partial charge in [0.1, 0.15) is 0 Å². The average molecular weight is 162 g/mol. The first-order valence-corrected chi connectivity index (χ1v) is 5.89. The van der Waals surface area contributed by atoms with Gasteiger partial charge < -0.3 is 0 Å². The molecule has 2 heteroatoms. The quantitative estimate of drug-likeness (QED) is 0.501. The predicted octanol–water partition coefficient (Wildman–Crippen LogP) is 3.33. The van der Waals surface area contributed by atoms with E-state index < -0.39 is 0 Å². The topological polar surface area (TPSA) is 0 Å². The minimum absolute atomic E-state index is 0.889. The minimum Gasteiger partial charge on any atom is -0.0907 e. The van der Waals surface area contributed by atoms with Gasteiger partial charge in [-0.3, -0.25) is 0 Å². The van der Waals surface area contributed by atoms with Gasteiger partial charge in [0, 0.05) is 10.5 Å². The van der Waals surface area contributed by atoms with E-state index >= 15 is 0 Å². The molecule has 1 aliphatic rings. The van der Waals surface area contributed by atoms with Crippen molar-refractivity contribution < 1.29 is 0 Å². The summed E-state index contributed by atoms with van der Waals surface area (Å²) < 4.78 is 0. The van der Waals surface area contributed by atoms with Crippen LogP contribution in [0.5, 0.6) is 0 Å². The third kappa shape index (κ3) is 2.85. The van der Waals surface area contributed by atoms with Crippen molar-refractivity contribution in [1.82, 2.24) is 0 Å². The molecule has 0 bridgehead atoms. The SMILES string of the molecule is CC1CCCC(C)SS1. The largest absolute Gasteiger partial charge is 0.0907 e. The van der Waals surface area contributed by atoms with E-state index in [9.17, 15) is 0 Å². The van der Waals surface area contributed by atoms with E-state index in [4.69, 9.17) is 0 Å². The van der Waals surface area contributed by atoms with Crippen LogP contribution in [-0.2, 0) is 0 Å². The molecule has 0 N–H and O–H groups in total.